The van der Waals surface area contributed by atoms with Crippen molar-refractivity contribution in [1.29, 1.82) is 0 Å². The number of aromatic nitrogens is 1. The molecule has 2 aromatic rings. The second-order valence-electron chi connectivity index (χ2n) is 3.95. The van der Waals surface area contributed by atoms with Crippen LogP contribution < -0.4 is 5.32 Å². The quantitative estimate of drug-likeness (QED) is 0.897. The van der Waals surface area contributed by atoms with Crippen LogP contribution in [0.4, 0.5) is 0 Å². The summed E-state index contributed by atoms with van der Waals surface area (Å²) in [6.07, 6.45) is 2.58. The maximum Gasteiger partial charge on any atom is 0.0447 e. The SMILES string of the molecule is CNCc1ccc(Cc2ccccn2)c(Cl)c1. The lowest BCUT2D eigenvalue weighted by atomic mass is 10.1. The zero-order valence-electron chi connectivity index (χ0n) is 9.78. The normalized spacial score (nSPS) is 10.5. The van der Waals surface area contributed by atoms with Crippen LogP contribution in [0.3, 0.4) is 0 Å². The van der Waals surface area contributed by atoms with Crippen LogP contribution in [0.2, 0.25) is 5.02 Å². The number of nitrogens with one attached hydrogen (secondary N) is 1. The van der Waals surface area contributed by atoms with E-state index in [9.17, 15) is 0 Å². The van der Waals surface area contributed by atoms with Gasteiger partial charge in [-0.3, -0.25) is 4.98 Å². The molecule has 1 aromatic heterocycles. The van der Waals surface area contributed by atoms with E-state index in [0.717, 1.165) is 29.2 Å². The van der Waals surface area contributed by atoms with Gasteiger partial charge in [0, 0.05) is 29.9 Å². The van der Waals surface area contributed by atoms with Crippen molar-refractivity contribution in [1.82, 2.24) is 10.3 Å². The number of hydrogen-bond acceptors (Lipinski definition) is 2. The molecule has 0 bridgehead atoms. The average molecular weight is 247 g/mol. The van der Waals surface area contributed by atoms with E-state index in [1.807, 2.05) is 31.3 Å². The van der Waals surface area contributed by atoms with Crippen LogP contribution in [0, 0.1) is 0 Å². The van der Waals surface area contributed by atoms with Gasteiger partial charge in [-0.1, -0.05) is 29.8 Å². The van der Waals surface area contributed by atoms with Gasteiger partial charge in [-0.2, -0.15) is 0 Å². The van der Waals surface area contributed by atoms with Crippen molar-refractivity contribution >= 4 is 11.6 Å². The number of rotatable bonds is 4. The van der Waals surface area contributed by atoms with Gasteiger partial charge >= 0.3 is 0 Å². The van der Waals surface area contributed by atoms with E-state index in [2.05, 4.69) is 22.4 Å². The molecular formula is C14H15ClN2. The Morgan fingerprint density at radius 3 is 2.76 bits per heavy atom. The number of nitrogens with zero attached hydrogens (tertiary/aromatic N) is 1. The Kier molecular flexibility index (Phi) is 4.13. The second-order valence-corrected chi connectivity index (χ2v) is 4.36. The van der Waals surface area contributed by atoms with Gasteiger partial charge in [0.25, 0.3) is 0 Å². The van der Waals surface area contributed by atoms with Crippen LogP contribution in [0.5, 0.6) is 0 Å². The molecule has 0 aliphatic heterocycles. The van der Waals surface area contributed by atoms with Gasteiger partial charge in [-0.25, -0.2) is 0 Å². The van der Waals surface area contributed by atoms with Crippen LogP contribution in [0.1, 0.15) is 16.8 Å². The molecule has 0 atom stereocenters. The molecule has 1 heterocycles. The number of halogens is 1. The Bertz CT molecular complexity index is 483. The lowest BCUT2D eigenvalue weighted by Gasteiger charge is -2.06. The minimum Gasteiger partial charge on any atom is -0.316 e. The first-order valence-electron chi connectivity index (χ1n) is 5.61. The number of benzene rings is 1. The summed E-state index contributed by atoms with van der Waals surface area (Å²) in [5.41, 5.74) is 3.35. The summed E-state index contributed by atoms with van der Waals surface area (Å²) in [5.74, 6) is 0. The topological polar surface area (TPSA) is 24.9 Å². The molecule has 0 aliphatic carbocycles. The van der Waals surface area contributed by atoms with Gasteiger partial charge in [0.15, 0.2) is 0 Å². The maximum absolute atomic E-state index is 6.26. The van der Waals surface area contributed by atoms with E-state index < -0.39 is 0 Å². The summed E-state index contributed by atoms with van der Waals surface area (Å²) < 4.78 is 0. The fourth-order valence-electron chi connectivity index (χ4n) is 1.75. The smallest absolute Gasteiger partial charge is 0.0447 e. The summed E-state index contributed by atoms with van der Waals surface area (Å²) in [4.78, 5) is 4.30. The summed E-state index contributed by atoms with van der Waals surface area (Å²) in [6, 6.07) is 12.1. The minimum absolute atomic E-state index is 0.777. The molecule has 3 heteroatoms. The Labute approximate surface area is 107 Å². The number of pyridine rings is 1. The molecule has 0 radical (unpaired) electrons. The Balaban J connectivity index is 2.17. The number of hydrogen-bond donors (Lipinski definition) is 1. The molecule has 0 unspecified atom stereocenters. The molecule has 0 spiro atoms. The third-order valence-corrected chi connectivity index (χ3v) is 2.95. The molecule has 2 nitrogen and oxygen atoms in total. The molecule has 88 valence electrons. The highest BCUT2D eigenvalue weighted by Gasteiger charge is 2.03. The largest absolute Gasteiger partial charge is 0.316 e. The van der Waals surface area contributed by atoms with Crippen molar-refractivity contribution < 1.29 is 0 Å². The van der Waals surface area contributed by atoms with Crippen molar-refractivity contribution in [3.05, 3.63) is 64.4 Å². The summed E-state index contributed by atoms with van der Waals surface area (Å²) in [5, 5.41) is 3.92. The van der Waals surface area contributed by atoms with Crippen molar-refractivity contribution in [2.45, 2.75) is 13.0 Å². The second kappa shape index (κ2) is 5.80. The van der Waals surface area contributed by atoms with Crippen molar-refractivity contribution in [3.63, 3.8) is 0 Å². The van der Waals surface area contributed by atoms with Gasteiger partial charge in [0.05, 0.1) is 0 Å². The third kappa shape index (κ3) is 3.29. The molecule has 1 aromatic carbocycles. The highest BCUT2D eigenvalue weighted by Crippen LogP contribution is 2.20. The van der Waals surface area contributed by atoms with Crippen LogP contribution in [0.25, 0.3) is 0 Å². The fourth-order valence-corrected chi connectivity index (χ4v) is 2.02. The van der Waals surface area contributed by atoms with E-state index in [4.69, 9.17) is 11.6 Å². The molecule has 17 heavy (non-hydrogen) atoms. The summed E-state index contributed by atoms with van der Waals surface area (Å²) in [7, 11) is 1.93. The predicted octanol–water partition coefficient (Wildman–Crippen LogP) is 3.05. The van der Waals surface area contributed by atoms with Crippen LogP contribution in [0.15, 0.2) is 42.6 Å². The minimum atomic E-state index is 0.777. The van der Waals surface area contributed by atoms with Crippen LogP contribution in [-0.2, 0) is 13.0 Å². The molecule has 0 saturated heterocycles. The third-order valence-electron chi connectivity index (χ3n) is 2.60. The van der Waals surface area contributed by atoms with E-state index in [1.54, 1.807) is 6.20 Å². The van der Waals surface area contributed by atoms with E-state index in [1.165, 1.54) is 5.56 Å². The van der Waals surface area contributed by atoms with E-state index in [0.29, 0.717) is 0 Å². The Morgan fingerprint density at radius 2 is 2.12 bits per heavy atom. The van der Waals surface area contributed by atoms with Gasteiger partial charge < -0.3 is 5.32 Å². The molecular weight excluding hydrogens is 232 g/mol. The summed E-state index contributed by atoms with van der Waals surface area (Å²) >= 11 is 6.26. The lowest BCUT2D eigenvalue weighted by molar-refractivity contribution is 0.817. The van der Waals surface area contributed by atoms with Crippen molar-refractivity contribution in [2.75, 3.05) is 7.05 Å². The van der Waals surface area contributed by atoms with Crippen molar-refractivity contribution in [3.8, 4) is 0 Å². The van der Waals surface area contributed by atoms with Gasteiger partial charge in [0.2, 0.25) is 0 Å². The Morgan fingerprint density at radius 1 is 1.24 bits per heavy atom. The standard InChI is InChI=1S/C14H15ClN2/c1-16-10-11-5-6-12(14(15)8-11)9-13-4-2-3-7-17-13/h2-8,16H,9-10H2,1H3. The first kappa shape index (κ1) is 12.1. The van der Waals surface area contributed by atoms with E-state index >= 15 is 0 Å². The van der Waals surface area contributed by atoms with E-state index in [-0.39, 0.29) is 0 Å². The highest BCUT2D eigenvalue weighted by molar-refractivity contribution is 6.31. The molecule has 2 rings (SSSR count). The van der Waals surface area contributed by atoms with Gasteiger partial charge in [0.1, 0.15) is 0 Å². The lowest BCUT2D eigenvalue weighted by Crippen LogP contribution is -2.05. The van der Waals surface area contributed by atoms with Crippen molar-refractivity contribution in [2.24, 2.45) is 0 Å². The monoisotopic (exact) mass is 246 g/mol. The molecule has 0 amide bonds. The average Bonchev–Trinajstić information content (AvgIpc) is 2.34. The van der Waals surface area contributed by atoms with Crippen LogP contribution in [-0.4, -0.2) is 12.0 Å². The predicted molar refractivity (Wildman–Crippen MR) is 71.3 cm³/mol. The first-order valence-corrected chi connectivity index (χ1v) is 5.99. The van der Waals surface area contributed by atoms with Gasteiger partial charge in [-0.15, -0.1) is 0 Å². The highest BCUT2D eigenvalue weighted by atomic mass is 35.5. The summed E-state index contributed by atoms with van der Waals surface area (Å²) in [6.45, 7) is 0.837. The van der Waals surface area contributed by atoms with Gasteiger partial charge in [-0.05, 0) is 36.4 Å². The first-order chi connectivity index (χ1) is 8.29. The molecule has 0 saturated carbocycles. The Hall–Kier alpha value is -1.38. The molecule has 0 fully saturated rings. The molecule has 1 N–H and O–H groups in total. The zero-order valence-corrected chi connectivity index (χ0v) is 10.5. The fraction of sp³-hybridized carbons (Fsp3) is 0.214. The molecule has 0 aliphatic rings. The zero-order chi connectivity index (χ0) is 12.1. The van der Waals surface area contributed by atoms with Crippen LogP contribution >= 0.6 is 11.6 Å². The maximum atomic E-state index is 6.26.